The SMILES string of the molecule is CCc1noc(C)c1C(=O)N1CC[C@H](O)C1. The summed E-state index contributed by atoms with van der Waals surface area (Å²) in [6, 6.07) is 0. The largest absolute Gasteiger partial charge is 0.391 e. The molecule has 0 radical (unpaired) electrons. The number of amides is 1. The zero-order valence-electron chi connectivity index (χ0n) is 9.56. The van der Waals surface area contributed by atoms with Crippen molar-refractivity contribution in [3.8, 4) is 0 Å². The summed E-state index contributed by atoms with van der Waals surface area (Å²) >= 11 is 0. The first kappa shape index (κ1) is 11.1. The molecular formula is C11H16N2O3. The van der Waals surface area contributed by atoms with E-state index in [1.54, 1.807) is 11.8 Å². The maximum Gasteiger partial charge on any atom is 0.259 e. The van der Waals surface area contributed by atoms with Gasteiger partial charge in [-0.2, -0.15) is 0 Å². The second-order valence-corrected chi connectivity index (χ2v) is 4.11. The van der Waals surface area contributed by atoms with Crippen LogP contribution in [0.5, 0.6) is 0 Å². The van der Waals surface area contributed by atoms with Crippen LogP contribution in [-0.2, 0) is 6.42 Å². The van der Waals surface area contributed by atoms with E-state index in [0.29, 0.717) is 42.9 Å². The van der Waals surface area contributed by atoms with Gasteiger partial charge in [-0.1, -0.05) is 12.1 Å². The molecule has 1 fully saturated rings. The van der Waals surface area contributed by atoms with Crippen molar-refractivity contribution in [2.45, 2.75) is 32.8 Å². The number of rotatable bonds is 2. The Morgan fingerprint density at radius 2 is 2.44 bits per heavy atom. The molecule has 0 aromatic carbocycles. The molecule has 1 amide bonds. The van der Waals surface area contributed by atoms with Crippen LogP contribution in [0.1, 0.15) is 35.2 Å². The number of aliphatic hydroxyl groups excluding tert-OH is 1. The maximum atomic E-state index is 12.2. The molecule has 2 heterocycles. The Morgan fingerprint density at radius 1 is 1.69 bits per heavy atom. The molecule has 1 aliphatic rings. The van der Waals surface area contributed by atoms with Gasteiger partial charge in [0.25, 0.3) is 5.91 Å². The van der Waals surface area contributed by atoms with E-state index in [1.165, 1.54) is 0 Å². The molecule has 0 spiro atoms. The van der Waals surface area contributed by atoms with Crippen LogP contribution in [-0.4, -0.2) is 40.3 Å². The summed E-state index contributed by atoms with van der Waals surface area (Å²) in [7, 11) is 0. The normalized spacial score (nSPS) is 20.4. The molecule has 5 heteroatoms. The fourth-order valence-electron chi connectivity index (χ4n) is 2.02. The van der Waals surface area contributed by atoms with Crippen LogP contribution in [0, 0.1) is 6.92 Å². The standard InChI is InChI=1S/C11H16N2O3/c1-3-9-10(7(2)16-12-9)11(15)13-5-4-8(14)6-13/h8,14H,3-6H2,1-2H3/t8-/m0/s1. The highest BCUT2D eigenvalue weighted by atomic mass is 16.5. The van der Waals surface area contributed by atoms with Crippen LogP contribution in [0.4, 0.5) is 0 Å². The maximum absolute atomic E-state index is 12.2. The Balaban J connectivity index is 2.23. The lowest BCUT2D eigenvalue weighted by atomic mass is 10.1. The topological polar surface area (TPSA) is 66.6 Å². The number of β-amino-alcohol motifs (C(OH)–C–C–N with tert-alkyl or cyclic N) is 1. The van der Waals surface area contributed by atoms with Crippen molar-refractivity contribution in [2.24, 2.45) is 0 Å². The fourth-order valence-corrected chi connectivity index (χ4v) is 2.02. The molecule has 16 heavy (non-hydrogen) atoms. The highest BCUT2D eigenvalue weighted by molar-refractivity contribution is 5.96. The van der Waals surface area contributed by atoms with E-state index in [0.717, 1.165) is 0 Å². The second-order valence-electron chi connectivity index (χ2n) is 4.11. The summed E-state index contributed by atoms with van der Waals surface area (Å²) in [5.41, 5.74) is 1.26. The van der Waals surface area contributed by atoms with Crippen molar-refractivity contribution in [3.05, 3.63) is 17.0 Å². The number of aryl methyl sites for hydroxylation is 2. The summed E-state index contributed by atoms with van der Waals surface area (Å²) in [6.45, 7) is 4.69. The lowest BCUT2D eigenvalue weighted by Crippen LogP contribution is -2.30. The number of nitrogens with zero attached hydrogens (tertiary/aromatic N) is 2. The molecule has 1 aromatic rings. The monoisotopic (exact) mass is 224 g/mol. The van der Waals surface area contributed by atoms with Crippen LogP contribution in [0.15, 0.2) is 4.52 Å². The Hall–Kier alpha value is -1.36. The van der Waals surface area contributed by atoms with E-state index in [9.17, 15) is 9.90 Å². The summed E-state index contributed by atoms with van der Waals surface area (Å²) < 4.78 is 5.03. The average Bonchev–Trinajstić information content (AvgIpc) is 2.83. The van der Waals surface area contributed by atoms with Crippen molar-refractivity contribution >= 4 is 5.91 Å². The molecule has 1 N–H and O–H groups in total. The van der Waals surface area contributed by atoms with Crippen LogP contribution in [0.25, 0.3) is 0 Å². The van der Waals surface area contributed by atoms with Crippen LogP contribution >= 0.6 is 0 Å². The van der Waals surface area contributed by atoms with Gasteiger partial charge >= 0.3 is 0 Å². The summed E-state index contributed by atoms with van der Waals surface area (Å²) in [6.07, 6.45) is 0.931. The highest BCUT2D eigenvalue weighted by Gasteiger charge is 2.29. The summed E-state index contributed by atoms with van der Waals surface area (Å²) in [5, 5.41) is 13.3. The minimum atomic E-state index is -0.394. The molecule has 0 aliphatic carbocycles. The van der Waals surface area contributed by atoms with Crippen molar-refractivity contribution in [1.82, 2.24) is 10.1 Å². The molecule has 1 saturated heterocycles. The number of hydrogen-bond acceptors (Lipinski definition) is 4. The smallest absolute Gasteiger partial charge is 0.259 e. The van der Waals surface area contributed by atoms with Gasteiger partial charge in [0.05, 0.1) is 11.8 Å². The number of hydrogen-bond donors (Lipinski definition) is 1. The van der Waals surface area contributed by atoms with E-state index < -0.39 is 6.10 Å². The van der Waals surface area contributed by atoms with Gasteiger partial charge in [-0.05, 0) is 19.8 Å². The third kappa shape index (κ3) is 1.82. The number of likely N-dealkylation sites (tertiary alicyclic amines) is 1. The lowest BCUT2D eigenvalue weighted by molar-refractivity contribution is 0.0762. The first-order chi connectivity index (χ1) is 7.63. The highest BCUT2D eigenvalue weighted by Crippen LogP contribution is 2.19. The first-order valence-corrected chi connectivity index (χ1v) is 5.56. The number of carbonyl (C=O) groups is 1. The molecule has 1 atom stereocenters. The molecule has 0 bridgehead atoms. The molecule has 0 unspecified atom stereocenters. The lowest BCUT2D eigenvalue weighted by Gasteiger charge is -2.15. The van der Waals surface area contributed by atoms with Gasteiger partial charge in [-0.3, -0.25) is 4.79 Å². The molecular weight excluding hydrogens is 208 g/mol. The van der Waals surface area contributed by atoms with Gasteiger partial charge < -0.3 is 14.5 Å². The molecule has 0 saturated carbocycles. The Labute approximate surface area is 94.0 Å². The average molecular weight is 224 g/mol. The van der Waals surface area contributed by atoms with E-state index in [2.05, 4.69) is 5.16 Å². The fraction of sp³-hybridized carbons (Fsp3) is 0.636. The van der Waals surface area contributed by atoms with Gasteiger partial charge in [0.2, 0.25) is 0 Å². The molecule has 1 aromatic heterocycles. The Morgan fingerprint density at radius 3 is 3.00 bits per heavy atom. The Bertz CT molecular complexity index is 400. The number of aromatic nitrogens is 1. The van der Waals surface area contributed by atoms with Gasteiger partial charge in [0, 0.05) is 13.1 Å². The van der Waals surface area contributed by atoms with E-state index in [1.807, 2.05) is 6.92 Å². The third-order valence-corrected chi connectivity index (χ3v) is 2.93. The molecule has 88 valence electrons. The molecule has 5 nitrogen and oxygen atoms in total. The van der Waals surface area contributed by atoms with Crippen LogP contribution in [0.2, 0.25) is 0 Å². The van der Waals surface area contributed by atoms with Crippen molar-refractivity contribution in [2.75, 3.05) is 13.1 Å². The predicted molar refractivity (Wildman–Crippen MR) is 57.1 cm³/mol. The first-order valence-electron chi connectivity index (χ1n) is 5.56. The van der Waals surface area contributed by atoms with Crippen molar-refractivity contribution < 1.29 is 14.4 Å². The minimum absolute atomic E-state index is 0.0767. The van der Waals surface area contributed by atoms with Crippen molar-refractivity contribution in [1.29, 1.82) is 0 Å². The van der Waals surface area contributed by atoms with E-state index in [-0.39, 0.29) is 5.91 Å². The predicted octanol–water partition coefficient (Wildman–Crippen LogP) is 0.752. The van der Waals surface area contributed by atoms with E-state index in [4.69, 9.17) is 4.52 Å². The third-order valence-electron chi connectivity index (χ3n) is 2.93. The van der Waals surface area contributed by atoms with Gasteiger partial charge in [-0.15, -0.1) is 0 Å². The molecule has 2 rings (SSSR count). The summed E-state index contributed by atoms with van der Waals surface area (Å²) in [5.74, 6) is 0.482. The zero-order valence-corrected chi connectivity index (χ0v) is 9.56. The summed E-state index contributed by atoms with van der Waals surface area (Å²) in [4.78, 5) is 13.8. The van der Waals surface area contributed by atoms with Crippen LogP contribution in [0.3, 0.4) is 0 Å². The zero-order chi connectivity index (χ0) is 11.7. The van der Waals surface area contributed by atoms with Crippen LogP contribution < -0.4 is 0 Å². The minimum Gasteiger partial charge on any atom is -0.391 e. The number of carbonyl (C=O) groups excluding carboxylic acids is 1. The second kappa shape index (κ2) is 4.25. The van der Waals surface area contributed by atoms with Crippen molar-refractivity contribution in [3.63, 3.8) is 0 Å². The van der Waals surface area contributed by atoms with Gasteiger partial charge in [-0.25, -0.2) is 0 Å². The molecule has 1 aliphatic heterocycles. The Kier molecular flexibility index (Phi) is 2.96. The van der Waals surface area contributed by atoms with Gasteiger partial charge in [0.1, 0.15) is 11.3 Å². The van der Waals surface area contributed by atoms with Gasteiger partial charge in [0.15, 0.2) is 0 Å². The van der Waals surface area contributed by atoms with E-state index >= 15 is 0 Å². The quantitative estimate of drug-likeness (QED) is 0.805. The number of aliphatic hydroxyl groups is 1.